The van der Waals surface area contributed by atoms with Gasteiger partial charge in [0.15, 0.2) is 0 Å². The van der Waals surface area contributed by atoms with Crippen LogP contribution in [0.3, 0.4) is 0 Å². The summed E-state index contributed by atoms with van der Waals surface area (Å²) in [6, 6.07) is 0. The van der Waals surface area contributed by atoms with Crippen molar-refractivity contribution in [3.8, 4) is 0 Å². The Morgan fingerprint density at radius 3 is 1.82 bits per heavy atom. The molecular formula is C6H13O4P. The Kier molecular flexibility index (Phi) is 7.57. The van der Waals surface area contributed by atoms with E-state index in [0.717, 1.165) is 6.42 Å². The van der Waals surface area contributed by atoms with Gasteiger partial charge in [-0.05, 0) is 13.3 Å². The number of hydrogen-bond acceptors (Lipinski definition) is 1. The van der Waals surface area contributed by atoms with Crippen molar-refractivity contribution < 1.29 is 19.2 Å². The van der Waals surface area contributed by atoms with Crippen molar-refractivity contribution in [1.82, 2.24) is 0 Å². The van der Waals surface area contributed by atoms with E-state index in [2.05, 4.69) is 13.2 Å². The van der Waals surface area contributed by atoms with Crippen LogP contribution in [0.1, 0.15) is 13.3 Å². The monoisotopic (exact) mass is 180 g/mol. The molecule has 0 rings (SSSR count). The molecule has 0 saturated carbocycles. The van der Waals surface area contributed by atoms with E-state index < -0.39 is 7.82 Å². The number of rotatable bonds is 2. The van der Waals surface area contributed by atoms with E-state index in [1.807, 2.05) is 13.0 Å². The molecule has 0 aliphatic rings. The smallest absolute Gasteiger partial charge is 0.303 e. The van der Waals surface area contributed by atoms with Gasteiger partial charge < -0.3 is 14.7 Å². The van der Waals surface area contributed by atoms with Crippen LogP contribution in [0.2, 0.25) is 0 Å². The molecule has 3 N–H and O–H groups in total. The second kappa shape index (κ2) is 6.31. The molecule has 0 radical (unpaired) electrons. The van der Waals surface area contributed by atoms with Gasteiger partial charge in [-0.3, -0.25) is 0 Å². The molecule has 0 spiro atoms. The van der Waals surface area contributed by atoms with Crippen LogP contribution in [0.5, 0.6) is 0 Å². The Morgan fingerprint density at radius 2 is 1.82 bits per heavy atom. The predicted molar refractivity (Wildman–Crippen MR) is 43.9 cm³/mol. The molecule has 0 bridgehead atoms. The summed E-state index contributed by atoms with van der Waals surface area (Å²) in [5.41, 5.74) is 1.17. The minimum absolute atomic E-state index is 0.944. The lowest BCUT2D eigenvalue weighted by atomic mass is 10.2. The van der Waals surface area contributed by atoms with Gasteiger partial charge in [0.05, 0.1) is 0 Å². The molecule has 0 heterocycles. The van der Waals surface area contributed by atoms with Gasteiger partial charge in [-0.15, -0.1) is 6.58 Å². The van der Waals surface area contributed by atoms with Crippen LogP contribution in [0.4, 0.5) is 0 Å². The summed E-state index contributed by atoms with van der Waals surface area (Å²) in [6.45, 7) is 9.20. The molecular weight excluding hydrogens is 167 g/mol. The second-order valence-corrected chi connectivity index (χ2v) is 2.99. The summed E-state index contributed by atoms with van der Waals surface area (Å²) in [7, 11) is -4.64. The fraction of sp³-hybridized carbons (Fsp3) is 0.333. The second-order valence-electron chi connectivity index (χ2n) is 1.96. The van der Waals surface area contributed by atoms with E-state index in [1.54, 1.807) is 0 Å². The lowest BCUT2D eigenvalue weighted by molar-refractivity contribution is 0.275. The lowest BCUT2D eigenvalue weighted by Crippen LogP contribution is -1.66. The molecule has 5 heteroatoms. The first-order chi connectivity index (χ1) is 4.77. The van der Waals surface area contributed by atoms with Gasteiger partial charge in [-0.1, -0.05) is 18.2 Å². The Bertz CT molecular complexity index is 161. The van der Waals surface area contributed by atoms with E-state index >= 15 is 0 Å². The van der Waals surface area contributed by atoms with Gasteiger partial charge in [0.25, 0.3) is 0 Å². The first kappa shape index (κ1) is 13.2. The fourth-order valence-electron chi connectivity index (χ4n) is 0.246. The first-order valence-corrected chi connectivity index (χ1v) is 4.37. The average Bonchev–Trinajstić information content (AvgIpc) is 1.58. The zero-order valence-corrected chi connectivity index (χ0v) is 7.29. The normalized spacial score (nSPS) is 9.45. The molecule has 0 aromatic rings. The topological polar surface area (TPSA) is 77.8 Å². The Labute approximate surface area is 66.1 Å². The van der Waals surface area contributed by atoms with E-state index in [1.165, 1.54) is 5.57 Å². The van der Waals surface area contributed by atoms with Crippen LogP contribution in [0, 0.1) is 0 Å². The number of allylic oxidation sites excluding steroid dienone is 2. The van der Waals surface area contributed by atoms with E-state index in [4.69, 9.17) is 19.2 Å². The van der Waals surface area contributed by atoms with Gasteiger partial charge in [0, 0.05) is 0 Å². The van der Waals surface area contributed by atoms with Crippen molar-refractivity contribution in [3.05, 3.63) is 24.8 Å². The largest absolute Gasteiger partial charge is 0.466 e. The zero-order valence-electron chi connectivity index (χ0n) is 6.40. The maximum Gasteiger partial charge on any atom is 0.466 e. The quantitative estimate of drug-likeness (QED) is 0.441. The highest BCUT2D eigenvalue weighted by Crippen LogP contribution is 2.25. The van der Waals surface area contributed by atoms with Gasteiger partial charge in [-0.25, -0.2) is 4.57 Å². The predicted octanol–water partition coefficient (Wildman–Crippen LogP) is 1.21. The molecule has 0 amide bonds. The van der Waals surface area contributed by atoms with Crippen molar-refractivity contribution in [3.63, 3.8) is 0 Å². The fourth-order valence-corrected chi connectivity index (χ4v) is 0.246. The van der Waals surface area contributed by atoms with E-state index in [-0.39, 0.29) is 0 Å². The molecule has 4 nitrogen and oxygen atoms in total. The molecule has 0 aliphatic heterocycles. The van der Waals surface area contributed by atoms with Crippen molar-refractivity contribution >= 4 is 7.82 Å². The number of hydrogen-bond donors (Lipinski definition) is 3. The molecule has 66 valence electrons. The molecule has 0 aromatic heterocycles. The van der Waals surface area contributed by atoms with Crippen molar-refractivity contribution in [2.75, 3.05) is 0 Å². The Balaban J connectivity index is 0. The summed E-state index contributed by atoms with van der Waals surface area (Å²) in [5, 5.41) is 0. The molecule has 0 fully saturated rings. The van der Waals surface area contributed by atoms with Gasteiger partial charge in [0.1, 0.15) is 0 Å². The summed E-state index contributed by atoms with van der Waals surface area (Å²) in [5.74, 6) is 0. The van der Waals surface area contributed by atoms with E-state index in [9.17, 15) is 0 Å². The lowest BCUT2D eigenvalue weighted by Gasteiger charge is -1.82. The maximum absolute atomic E-state index is 8.88. The molecule has 0 aromatic carbocycles. The maximum atomic E-state index is 8.88. The zero-order chi connectivity index (χ0) is 9.49. The summed E-state index contributed by atoms with van der Waals surface area (Å²) >= 11 is 0. The standard InChI is InChI=1S/C6H10.H3O4P/c1-4-5-6(2)3;1-5(2,3)4/h4H,1-2,5H2,3H3;(H3,1,2,3,4). The van der Waals surface area contributed by atoms with Crippen LogP contribution in [0.15, 0.2) is 24.8 Å². The average molecular weight is 180 g/mol. The van der Waals surface area contributed by atoms with Gasteiger partial charge in [0.2, 0.25) is 0 Å². The molecule has 11 heavy (non-hydrogen) atoms. The molecule has 0 unspecified atom stereocenters. The number of phosphoric acid groups is 1. The molecule has 0 saturated heterocycles. The highest BCUT2D eigenvalue weighted by atomic mass is 31.2. The minimum atomic E-state index is -4.64. The first-order valence-electron chi connectivity index (χ1n) is 2.81. The molecule has 0 aliphatic carbocycles. The van der Waals surface area contributed by atoms with Gasteiger partial charge in [-0.2, -0.15) is 0 Å². The third kappa shape index (κ3) is 82.4. The molecule has 0 atom stereocenters. The van der Waals surface area contributed by atoms with Crippen LogP contribution < -0.4 is 0 Å². The van der Waals surface area contributed by atoms with Crippen molar-refractivity contribution in [1.29, 1.82) is 0 Å². The summed E-state index contributed by atoms with van der Waals surface area (Å²) < 4.78 is 8.88. The Morgan fingerprint density at radius 1 is 1.55 bits per heavy atom. The minimum Gasteiger partial charge on any atom is -0.303 e. The SMILES string of the molecule is C=CCC(=C)C.O=P(O)(O)O. The van der Waals surface area contributed by atoms with Gasteiger partial charge >= 0.3 is 7.82 Å². The van der Waals surface area contributed by atoms with E-state index in [0.29, 0.717) is 0 Å². The summed E-state index contributed by atoms with van der Waals surface area (Å²) in [6.07, 6.45) is 2.79. The van der Waals surface area contributed by atoms with Crippen LogP contribution in [0.25, 0.3) is 0 Å². The van der Waals surface area contributed by atoms with Crippen molar-refractivity contribution in [2.24, 2.45) is 0 Å². The van der Waals surface area contributed by atoms with Crippen molar-refractivity contribution in [2.45, 2.75) is 13.3 Å². The third-order valence-electron chi connectivity index (χ3n) is 0.493. The van der Waals surface area contributed by atoms with Crippen LogP contribution in [-0.2, 0) is 4.57 Å². The van der Waals surface area contributed by atoms with Crippen LogP contribution in [-0.4, -0.2) is 14.7 Å². The Hall–Kier alpha value is -0.410. The highest BCUT2D eigenvalue weighted by Gasteiger charge is 2.00. The third-order valence-corrected chi connectivity index (χ3v) is 0.493. The van der Waals surface area contributed by atoms with Crippen LogP contribution >= 0.6 is 7.82 Å². The highest BCUT2D eigenvalue weighted by molar-refractivity contribution is 7.45. The summed E-state index contributed by atoms with van der Waals surface area (Å²) in [4.78, 5) is 21.6.